The zero-order chi connectivity index (χ0) is 18.0. The zero-order valence-electron chi connectivity index (χ0n) is 15.5. The summed E-state index contributed by atoms with van der Waals surface area (Å²) in [5.41, 5.74) is 2.38. The summed E-state index contributed by atoms with van der Waals surface area (Å²) in [6.45, 7) is 7.16. The Morgan fingerprint density at radius 1 is 1.36 bits per heavy atom. The second kappa shape index (κ2) is 7.63. The fourth-order valence-corrected chi connectivity index (χ4v) is 7.39. The van der Waals surface area contributed by atoms with Crippen molar-refractivity contribution in [3.63, 3.8) is 0 Å². The molecule has 4 atom stereocenters. The molecule has 1 spiro atoms. The van der Waals surface area contributed by atoms with Crippen molar-refractivity contribution in [1.29, 1.82) is 0 Å². The van der Waals surface area contributed by atoms with Crippen molar-refractivity contribution in [1.82, 2.24) is 0 Å². The van der Waals surface area contributed by atoms with Crippen molar-refractivity contribution >= 4 is 25.1 Å². The fourth-order valence-electron chi connectivity index (χ4n) is 4.91. The van der Waals surface area contributed by atoms with Crippen LogP contribution in [-0.2, 0) is 0 Å². The average molecular weight is 406 g/mol. The summed E-state index contributed by atoms with van der Waals surface area (Å²) in [5, 5.41) is 12.3. The van der Waals surface area contributed by atoms with Crippen LogP contribution in [0.25, 0.3) is 0 Å². The summed E-state index contributed by atoms with van der Waals surface area (Å²) < 4.78 is 0.946. The number of para-hydroxylation sites is 1. The second-order valence-corrected chi connectivity index (χ2v) is 10.3. The summed E-state index contributed by atoms with van der Waals surface area (Å²) in [6.07, 6.45) is 9.04. The van der Waals surface area contributed by atoms with Gasteiger partial charge >= 0.3 is 157 Å². The van der Waals surface area contributed by atoms with Gasteiger partial charge in [-0.25, -0.2) is 0 Å². The van der Waals surface area contributed by atoms with E-state index in [0.29, 0.717) is 17.0 Å². The van der Waals surface area contributed by atoms with Gasteiger partial charge in [0.05, 0.1) is 0 Å². The Labute approximate surface area is 157 Å². The minimum absolute atomic E-state index is 0.182. The van der Waals surface area contributed by atoms with Crippen LogP contribution in [0.1, 0.15) is 52.9 Å². The van der Waals surface area contributed by atoms with Crippen LogP contribution in [0.3, 0.4) is 0 Å². The zero-order valence-corrected chi connectivity index (χ0v) is 17.2. The summed E-state index contributed by atoms with van der Waals surface area (Å²) in [5.74, 6) is 2.23. The van der Waals surface area contributed by atoms with Crippen LogP contribution in [0, 0.1) is 33.3 Å². The van der Waals surface area contributed by atoms with E-state index in [1.165, 1.54) is 32.1 Å². The SMILES string of the molecule is CC1=CCC[C@@H](C)[C@]12CC[C@@H]([C@H](C)C[Se]c1ccccc1[N+](=O)[O-])C2. The fraction of sp³-hybridized carbons (Fsp3) is 0.619. The van der Waals surface area contributed by atoms with E-state index < -0.39 is 0 Å². The number of allylic oxidation sites excluding steroid dienone is 2. The Kier molecular flexibility index (Phi) is 5.70. The van der Waals surface area contributed by atoms with E-state index in [-0.39, 0.29) is 19.9 Å². The van der Waals surface area contributed by atoms with E-state index >= 15 is 0 Å². The molecule has 1 aromatic rings. The first kappa shape index (κ1) is 18.7. The Hall–Kier alpha value is -1.12. The van der Waals surface area contributed by atoms with E-state index in [4.69, 9.17) is 0 Å². The van der Waals surface area contributed by atoms with Crippen LogP contribution in [0.4, 0.5) is 5.69 Å². The van der Waals surface area contributed by atoms with Gasteiger partial charge in [-0.1, -0.05) is 0 Å². The number of rotatable bonds is 5. The molecule has 0 heterocycles. The quantitative estimate of drug-likeness (QED) is 0.294. The van der Waals surface area contributed by atoms with Crippen molar-refractivity contribution in [3.05, 3.63) is 46.0 Å². The first-order chi connectivity index (χ1) is 11.9. The Bertz CT molecular complexity index is 672. The van der Waals surface area contributed by atoms with Crippen molar-refractivity contribution in [2.24, 2.45) is 23.2 Å². The maximum atomic E-state index is 11.2. The number of nitro benzene ring substituents is 1. The average Bonchev–Trinajstić information content (AvgIpc) is 3.05. The molecule has 0 bridgehead atoms. The van der Waals surface area contributed by atoms with Gasteiger partial charge in [0.25, 0.3) is 0 Å². The van der Waals surface area contributed by atoms with Crippen LogP contribution in [0.5, 0.6) is 0 Å². The van der Waals surface area contributed by atoms with Crippen LogP contribution in [0.15, 0.2) is 35.9 Å². The molecule has 0 unspecified atom stereocenters. The van der Waals surface area contributed by atoms with Crippen LogP contribution >= 0.6 is 0 Å². The van der Waals surface area contributed by atoms with Gasteiger partial charge in [-0.3, -0.25) is 0 Å². The summed E-state index contributed by atoms with van der Waals surface area (Å²) in [7, 11) is 0. The third-order valence-electron chi connectivity index (χ3n) is 6.73. The summed E-state index contributed by atoms with van der Waals surface area (Å²) in [6, 6.07) is 7.28. The summed E-state index contributed by atoms with van der Waals surface area (Å²) >= 11 is 0.182. The normalized spacial score (nSPS) is 30.3. The van der Waals surface area contributed by atoms with Crippen LogP contribution < -0.4 is 4.46 Å². The second-order valence-electron chi connectivity index (χ2n) is 8.04. The van der Waals surface area contributed by atoms with Gasteiger partial charge in [-0.2, -0.15) is 0 Å². The minimum atomic E-state index is -0.232. The van der Waals surface area contributed by atoms with Gasteiger partial charge in [0.15, 0.2) is 0 Å². The Morgan fingerprint density at radius 2 is 2.12 bits per heavy atom. The molecule has 4 heteroatoms. The molecule has 136 valence electrons. The van der Waals surface area contributed by atoms with Crippen molar-refractivity contribution in [2.45, 2.75) is 58.2 Å². The van der Waals surface area contributed by atoms with Gasteiger partial charge < -0.3 is 0 Å². The van der Waals surface area contributed by atoms with Gasteiger partial charge in [-0.05, 0) is 0 Å². The number of hydrogen-bond donors (Lipinski definition) is 0. The molecule has 1 fully saturated rings. The van der Waals surface area contributed by atoms with Gasteiger partial charge in [0.2, 0.25) is 0 Å². The molecule has 0 saturated heterocycles. The molecule has 25 heavy (non-hydrogen) atoms. The third kappa shape index (κ3) is 3.71. The van der Waals surface area contributed by atoms with Crippen molar-refractivity contribution < 1.29 is 4.92 Å². The van der Waals surface area contributed by atoms with Crippen LogP contribution in [0.2, 0.25) is 5.32 Å². The van der Waals surface area contributed by atoms with Crippen molar-refractivity contribution in [2.75, 3.05) is 0 Å². The van der Waals surface area contributed by atoms with E-state index in [2.05, 4.69) is 26.8 Å². The number of hydrogen-bond acceptors (Lipinski definition) is 2. The van der Waals surface area contributed by atoms with E-state index in [9.17, 15) is 10.1 Å². The molecule has 0 aliphatic heterocycles. The standard InChI is InChI=1S/C21H29NO2Se/c1-15(14-25-20-10-5-4-9-19(20)22(23)24)18-11-12-21(13-18)16(2)7-6-8-17(21)3/h4-5,7,9-10,15,17-18H,6,8,11-14H2,1-3H3/t15-,17-,18-,21+/m1/s1. The van der Waals surface area contributed by atoms with Gasteiger partial charge in [0, 0.05) is 0 Å². The monoisotopic (exact) mass is 407 g/mol. The van der Waals surface area contributed by atoms with E-state index in [1.54, 1.807) is 17.7 Å². The molecular weight excluding hydrogens is 377 g/mol. The molecule has 2 aliphatic carbocycles. The Balaban J connectivity index is 1.64. The maximum absolute atomic E-state index is 11.2. The molecule has 0 radical (unpaired) electrons. The molecule has 0 N–H and O–H groups in total. The predicted molar refractivity (Wildman–Crippen MR) is 104 cm³/mol. The first-order valence-corrected chi connectivity index (χ1v) is 11.5. The first-order valence-electron chi connectivity index (χ1n) is 9.47. The molecule has 1 aromatic carbocycles. The van der Waals surface area contributed by atoms with Gasteiger partial charge in [-0.15, -0.1) is 0 Å². The molecule has 0 aromatic heterocycles. The Morgan fingerprint density at radius 3 is 2.84 bits per heavy atom. The number of benzene rings is 1. The number of nitro groups is 1. The molecule has 3 rings (SSSR count). The molecule has 3 nitrogen and oxygen atoms in total. The van der Waals surface area contributed by atoms with Gasteiger partial charge in [0.1, 0.15) is 0 Å². The van der Waals surface area contributed by atoms with E-state index in [1.807, 2.05) is 12.1 Å². The van der Waals surface area contributed by atoms with Crippen molar-refractivity contribution in [3.8, 4) is 0 Å². The molecule has 0 amide bonds. The molecule has 2 aliphatic rings. The predicted octanol–water partition coefficient (Wildman–Crippen LogP) is 5.14. The summed E-state index contributed by atoms with van der Waals surface area (Å²) in [4.78, 5) is 11.0. The number of nitrogens with zero attached hydrogens (tertiary/aromatic N) is 1. The topological polar surface area (TPSA) is 43.1 Å². The molecular formula is C21H29NO2Se. The van der Waals surface area contributed by atoms with Crippen LogP contribution in [-0.4, -0.2) is 19.9 Å². The van der Waals surface area contributed by atoms with E-state index in [0.717, 1.165) is 21.6 Å². The third-order valence-corrected chi connectivity index (χ3v) is 9.56. The molecule has 1 saturated carbocycles.